The van der Waals surface area contributed by atoms with E-state index in [0.717, 1.165) is 5.56 Å². The van der Waals surface area contributed by atoms with Crippen LogP contribution in [0.15, 0.2) is 30.3 Å². The van der Waals surface area contributed by atoms with Gasteiger partial charge in [-0.15, -0.1) is 0 Å². The van der Waals surface area contributed by atoms with Crippen molar-refractivity contribution in [1.82, 2.24) is 0 Å². The van der Waals surface area contributed by atoms with Gasteiger partial charge in [0.15, 0.2) is 11.5 Å². The maximum absolute atomic E-state index is 10.5. The lowest BCUT2D eigenvalue weighted by Crippen LogP contribution is -2.60. The van der Waals surface area contributed by atoms with Crippen LogP contribution in [0.4, 0.5) is 0 Å². The minimum atomic E-state index is -1.62. The number of methoxy groups -OCH3 is 1. The molecule has 2 aliphatic heterocycles. The molecule has 0 spiro atoms. The number of aryl methyl sites for hydroxylation is 1. The number of aromatic hydroxyl groups is 2. The van der Waals surface area contributed by atoms with Gasteiger partial charge in [-0.25, -0.2) is 0 Å². The molecular formula is C22H26O10. The molecule has 1 fully saturated rings. The number of hydrogen-bond acceptors (Lipinski definition) is 10. The largest absolute Gasteiger partial charge is 0.508 e. The van der Waals surface area contributed by atoms with Gasteiger partial charge in [-0.1, -0.05) is 6.07 Å². The van der Waals surface area contributed by atoms with Crippen LogP contribution in [-0.4, -0.2) is 75.1 Å². The van der Waals surface area contributed by atoms with Crippen molar-refractivity contribution in [1.29, 1.82) is 0 Å². The lowest BCUT2D eigenvalue weighted by molar-refractivity contribution is -0.277. The van der Waals surface area contributed by atoms with E-state index < -0.39 is 43.4 Å². The molecule has 0 bridgehead atoms. The number of aliphatic hydroxyl groups excluding tert-OH is 4. The van der Waals surface area contributed by atoms with E-state index in [2.05, 4.69) is 0 Å². The number of fused-ring (bicyclic) bond motifs is 1. The Morgan fingerprint density at radius 2 is 1.81 bits per heavy atom. The highest BCUT2D eigenvalue weighted by molar-refractivity contribution is 5.54. The van der Waals surface area contributed by atoms with Crippen molar-refractivity contribution in [3.8, 4) is 28.7 Å². The van der Waals surface area contributed by atoms with Crippen LogP contribution >= 0.6 is 0 Å². The molecule has 10 nitrogen and oxygen atoms in total. The van der Waals surface area contributed by atoms with E-state index in [-0.39, 0.29) is 23.0 Å². The molecule has 2 aliphatic rings. The Bertz CT molecular complexity index is 962. The monoisotopic (exact) mass is 450 g/mol. The van der Waals surface area contributed by atoms with Crippen LogP contribution in [0.25, 0.3) is 0 Å². The highest BCUT2D eigenvalue weighted by atomic mass is 16.7. The fourth-order valence-corrected chi connectivity index (χ4v) is 3.97. The van der Waals surface area contributed by atoms with Crippen LogP contribution in [0.3, 0.4) is 0 Å². The van der Waals surface area contributed by atoms with Crippen LogP contribution < -0.4 is 14.2 Å². The molecule has 10 heteroatoms. The first-order valence-electron chi connectivity index (χ1n) is 10.2. The van der Waals surface area contributed by atoms with Crippen LogP contribution in [0, 0.1) is 0 Å². The number of phenols is 2. The third-order valence-electron chi connectivity index (χ3n) is 5.72. The van der Waals surface area contributed by atoms with Gasteiger partial charge in [0.25, 0.3) is 0 Å². The lowest BCUT2D eigenvalue weighted by Gasteiger charge is -2.39. The molecule has 0 aromatic heterocycles. The second-order valence-corrected chi connectivity index (χ2v) is 7.82. The van der Waals surface area contributed by atoms with Crippen molar-refractivity contribution in [3.05, 3.63) is 41.5 Å². The third kappa shape index (κ3) is 4.15. The van der Waals surface area contributed by atoms with E-state index in [1.54, 1.807) is 18.2 Å². The summed E-state index contributed by atoms with van der Waals surface area (Å²) in [4.78, 5) is 0. The summed E-state index contributed by atoms with van der Waals surface area (Å²) in [5.74, 6) is 0.355. The zero-order valence-electron chi connectivity index (χ0n) is 17.3. The Morgan fingerprint density at radius 1 is 1.03 bits per heavy atom. The van der Waals surface area contributed by atoms with Crippen LogP contribution in [0.1, 0.15) is 23.7 Å². The number of rotatable bonds is 5. The summed E-state index contributed by atoms with van der Waals surface area (Å²) < 4.78 is 22.3. The Kier molecular flexibility index (Phi) is 6.31. The van der Waals surface area contributed by atoms with E-state index in [9.17, 15) is 30.6 Å². The highest BCUT2D eigenvalue weighted by Crippen LogP contribution is 2.44. The van der Waals surface area contributed by atoms with E-state index in [1.807, 2.05) is 0 Å². The zero-order chi connectivity index (χ0) is 23.0. The van der Waals surface area contributed by atoms with Gasteiger partial charge in [0.1, 0.15) is 42.0 Å². The smallest absolute Gasteiger partial charge is 0.229 e. The van der Waals surface area contributed by atoms with Gasteiger partial charge in [-0.3, -0.25) is 0 Å². The third-order valence-corrected chi connectivity index (χ3v) is 5.72. The van der Waals surface area contributed by atoms with Gasteiger partial charge in [0.2, 0.25) is 12.0 Å². The minimum absolute atomic E-state index is 0.0112. The first kappa shape index (κ1) is 22.4. The molecule has 0 saturated carbocycles. The molecule has 6 atom stereocenters. The molecule has 4 rings (SSSR count). The second-order valence-electron chi connectivity index (χ2n) is 7.82. The Balaban J connectivity index is 1.62. The van der Waals surface area contributed by atoms with Gasteiger partial charge in [0, 0.05) is 6.07 Å². The molecule has 2 heterocycles. The fraction of sp³-hybridized carbons (Fsp3) is 0.455. The predicted octanol–water partition coefficient (Wildman–Crippen LogP) is 0.351. The molecule has 32 heavy (non-hydrogen) atoms. The van der Waals surface area contributed by atoms with E-state index >= 15 is 0 Å². The fourth-order valence-electron chi connectivity index (χ4n) is 3.97. The number of hydrogen-bond donors (Lipinski definition) is 6. The summed E-state index contributed by atoms with van der Waals surface area (Å²) in [6.07, 6.45) is -6.52. The maximum Gasteiger partial charge on any atom is 0.229 e. The van der Waals surface area contributed by atoms with Crippen molar-refractivity contribution in [2.24, 2.45) is 0 Å². The SMILES string of the molecule is COc1c(O)cc([C@H]2CCc3ccc(O)cc3O2)cc1O[C@@H]1O[C@H](CO)[C@@H](O)[C@H](O)[C@H]1O. The first-order valence-corrected chi connectivity index (χ1v) is 10.2. The quantitative estimate of drug-likeness (QED) is 0.375. The summed E-state index contributed by atoms with van der Waals surface area (Å²) in [6.45, 7) is -0.602. The number of aliphatic hydroxyl groups is 4. The van der Waals surface area contributed by atoms with E-state index in [1.165, 1.54) is 19.2 Å². The summed E-state index contributed by atoms with van der Waals surface area (Å²) >= 11 is 0. The van der Waals surface area contributed by atoms with Gasteiger partial charge >= 0.3 is 0 Å². The molecular weight excluding hydrogens is 424 g/mol. The van der Waals surface area contributed by atoms with Crippen LogP contribution in [0.5, 0.6) is 28.7 Å². The molecule has 0 amide bonds. The molecule has 1 saturated heterocycles. The molecule has 0 unspecified atom stereocenters. The zero-order valence-corrected chi connectivity index (χ0v) is 17.3. The van der Waals surface area contributed by atoms with Crippen LogP contribution in [-0.2, 0) is 11.2 Å². The molecule has 0 aliphatic carbocycles. The predicted molar refractivity (Wildman–Crippen MR) is 109 cm³/mol. The average molecular weight is 450 g/mol. The Labute approximate surface area is 183 Å². The standard InChI is InChI=1S/C22H26O10/c1-29-21-13(25)6-11(14-5-3-10-2-4-12(24)8-15(10)30-14)7-16(21)31-22-20(28)19(27)18(26)17(9-23)32-22/h2,4,6-8,14,17-20,22-28H,3,5,9H2,1H3/t14-,17-,18-,19+,20-,22-/m1/s1. The Hall–Kier alpha value is -2.76. The highest BCUT2D eigenvalue weighted by Gasteiger charge is 2.45. The summed E-state index contributed by atoms with van der Waals surface area (Å²) in [6, 6.07) is 7.93. The van der Waals surface area contributed by atoms with Crippen molar-refractivity contribution in [3.63, 3.8) is 0 Å². The first-order chi connectivity index (χ1) is 15.3. The summed E-state index contributed by atoms with van der Waals surface area (Å²) in [5.41, 5.74) is 1.51. The van der Waals surface area contributed by atoms with Crippen LogP contribution in [0.2, 0.25) is 0 Å². The Morgan fingerprint density at radius 3 is 2.53 bits per heavy atom. The van der Waals surface area contributed by atoms with Crippen molar-refractivity contribution < 1.29 is 49.6 Å². The molecule has 2 aromatic rings. The summed E-state index contributed by atoms with van der Waals surface area (Å²) in [7, 11) is 1.32. The molecule has 174 valence electrons. The summed E-state index contributed by atoms with van der Waals surface area (Å²) in [5, 5.41) is 59.8. The number of benzene rings is 2. The van der Waals surface area contributed by atoms with Gasteiger partial charge in [-0.2, -0.15) is 0 Å². The number of phenolic OH excluding ortho intramolecular Hbond substituents is 2. The molecule has 2 aromatic carbocycles. The lowest BCUT2D eigenvalue weighted by atomic mass is 9.96. The maximum atomic E-state index is 10.5. The average Bonchev–Trinajstić information content (AvgIpc) is 2.78. The van der Waals surface area contributed by atoms with Crippen molar-refractivity contribution >= 4 is 0 Å². The normalized spacial score (nSPS) is 29.7. The van der Waals surface area contributed by atoms with Gasteiger partial charge in [0.05, 0.1) is 13.7 Å². The van der Waals surface area contributed by atoms with Gasteiger partial charge < -0.3 is 49.6 Å². The molecule has 0 radical (unpaired) electrons. The van der Waals surface area contributed by atoms with Crippen molar-refractivity contribution in [2.45, 2.75) is 49.7 Å². The van der Waals surface area contributed by atoms with Gasteiger partial charge in [-0.05, 0) is 42.2 Å². The molecule has 6 N–H and O–H groups in total. The van der Waals surface area contributed by atoms with E-state index in [4.69, 9.17) is 18.9 Å². The topological polar surface area (TPSA) is 158 Å². The minimum Gasteiger partial charge on any atom is -0.508 e. The second kappa shape index (κ2) is 9.00. The van der Waals surface area contributed by atoms with Crippen molar-refractivity contribution in [2.75, 3.05) is 13.7 Å². The van der Waals surface area contributed by atoms with E-state index in [0.29, 0.717) is 24.2 Å². The number of ether oxygens (including phenoxy) is 4.